The lowest BCUT2D eigenvalue weighted by atomic mass is 10.1. The number of methoxy groups -OCH3 is 2. The molecule has 2 aromatic heterocycles. The van der Waals surface area contributed by atoms with Crippen molar-refractivity contribution >= 4 is 39.1 Å². The van der Waals surface area contributed by atoms with E-state index in [-0.39, 0.29) is 16.6 Å². The van der Waals surface area contributed by atoms with Crippen LogP contribution in [0, 0.1) is 0 Å². The number of halogens is 1. The molecule has 0 spiro atoms. The number of aromatic nitrogens is 2. The van der Waals surface area contributed by atoms with Crippen LogP contribution in [0.2, 0.25) is 5.02 Å². The lowest BCUT2D eigenvalue weighted by Crippen LogP contribution is -2.38. The average Bonchev–Trinajstić information content (AvgIpc) is 3.11. The number of thiophene rings is 1. The van der Waals surface area contributed by atoms with Crippen molar-refractivity contribution in [1.29, 1.82) is 0 Å². The van der Waals surface area contributed by atoms with E-state index in [9.17, 15) is 14.4 Å². The molecule has 3 aromatic rings. The van der Waals surface area contributed by atoms with Crippen LogP contribution in [0.4, 0.5) is 0 Å². The average molecular weight is 450 g/mol. The Morgan fingerprint density at radius 3 is 2.50 bits per heavy atom. The van der Waals surface area contributed by atoms with Gasteiger partial charge in [-0.05, 0) is 18.1 Å². The Hall–Kier alpha value is -2.78. The number of nitrogens with zero attached hydrogens (tertiary/aromatic N) is 3. The number of amides is 1. The molecule has 30 heavy (non-hydrogen) atoms. The van der Waals surface area contributed by atoms with Crippen molar-refractivity contribution in [2.24, 2.45) is 7.05 Å². The molecule has 0 fully saturated rings. The van der Waals surface area contributed by atoms with E-state index in [4.69, 9.17) is 21.1 Å². The van der Waals surface area contributed by atoms with Crippen LogP contribution in [0.1, 0.15) is 17.4 Å². The first-order valence-electron chi connectivity index (χ1n) is 9.22. The molecule has 10 heteroatoms. The molecule has 0 radical (unpaired) electrons. The first kappa shape index (κ1) is 20.5. The monoisotopic (exact) mass is 449 g/mol. The SMILES string of the molecule is COc1cc(OC)c(-n2c(=O)c3c4c(sc3n(C)c2=O)CN(C(C)=O)CC4)cc1Cl. The van der Waals surface area contributed by atoms with Crippen molar-refractivity contribution in [3.63, 3.8) is 0 Å². The van der Waals surface area contributed by atoms with Gasteiger partial charge >= 0.3 is 5.69 Å². The van der Waals surface area contributed by atoms with E-state index in [2.05, 4.69) is 0 Å². The van der Waals surface area contributed by atoms with Crippen LogP contribution in [0.5, 0.6) is 11.5 Å². The van der Waals surface area contributed by atoms with Crippen LogP contribution in [-0.4, -0.2) is 40.7 Å². The van der Waals surface area contributed by atoms with Crippen molar-refractivity contribution in [2.75, 3.05) is 20.8 Å². The van der Waals surface area contributed by atoms with Crippen LogP contribution < -0.4 is 20.7 Å². The van der Waals surface area contributed by atoms with E-state index < -0.39 is 11.2 Å². The summed E-state index contributed by atoms with van der Waals surface area (Å²) in [5, 5.41) is 0.751. The van der Waals surface area contributed by atoms with Gasteiger partial charge in [-0.2, -0.15) is 0 Å². The van der Waals surface area contributed by atoms with E-state index in [1.807, 2.05) is 0 Å². The molecule has 0 N–H and O–H groups in total. The Bertz CT molecular complexity index is 1310. The minimum Gasteiger partial charge on any atom is -0.495 e. The lowest BCUT2D eigenvalue weighted by molar-refractivity contribution is -0.129. The fourth-order valence-electron chi connectivity index (χ4n) is 3.78. The summed E-state index contributed by atoms with van der Waals surface area (Å²) in [7, 11) is 4.55. The highest BCUT2D eigenvalue weighted by molar-refractivity contribution is 7.18. The van der Waals surface area contributed by atoms with Gasteiger partial charge in [0.05, 0.1) is 36.9 Å². The van der Waals surface area contributed by atoms with Gasteiger partial charge in [0.25, 0.3) is 5.56 Å². The molecule has 0 unspecified atom stereocenters. The third kappa shape index (κ3) is 3.00. The van der Waals surface area contributed by atoms with E-state index in [0.29, 0.717) is 41.2 Å². The lowest BCUT2D eigenvalue weighted by Gasteiger charge is -2.25. The van der Waals surface area contributed by atoms with E-state index in [1.165, 1.54) is 43.1 Å². The number of benzene rings is 1. The van der Waals surface area contributed by atoms with Crippen molar-refractivity contribution in [2.45, 2.75) is 19.9 Å². The fraction of sp³-hybridized carbons (Fsp3) is 0.350. The predicted octanol–water partition coefficient (Wildman–Crippen LogP) is 2.33. The van der Waals surface area contributed by atoms with Crippen molar-refractivity contribution in [3.8, 4) is 17.2 Å². The highest BCUT2D eigenvalue weighted by Crippen LogP contribution is 2.36. The van der Waals surface area contributed by atoms with Crippen molar-refractivity contribution in [3.05, 3.63) is 48.4 Å². The maximum absolute atomic E-state index is 13.5. The summed E-state index contributed by atoms with van der Waals surface area (Å²) in [5.41, 5.74) is 0.202. The summed E-state index contributed by atoms with van der Waals surface area (Å²) in [6.07, 6.45) is 0.558. The van der Waals surface area contributed by atoms with Gasteiger partial charge in [-0.1, -0.05) is 11.6 Å². The summed E-state index contributed by atoms with van der Waals surface area (Å²) in [6, 6.07) is 3.03. The molecule has 1 aromatic carbocycles. The van der Waals surface area contributed by atoms with Gasteiger partial charge in [0, 0.05) is 31.5 Å². The van der Waals surface area contributed by atoms with Crippen molar-refractivity contribution < 1.29 is 14.3 Å². The van der Waals surface area contributed by atoms with Gasteiger partial charge in [0.1, 0.15) is 16.3 Å². The molecule has 8 nitrogen and oxygen atoms in total. The molecule has 0 saturated heterocycles. The minimum absolute atomic E-state index is 0.0120. The third-order valence-electron chi connectivity index (χ3n) is 5.38. The quantitative estimate of drug-likeness (QED) is 0.613. The second kappa shape index (κ2) is 7.48. The Labute approximate surface area is 180 Å². The number of ether oxygens (including phenoxy) is 2. The van der Waals surface area contributed by atoms with Gasteiger partial charge in [0.2, 0.25) is 5.91 Å². The van der Waals surface area contributed by atoms with Gasteiger partial charge in [-0.3, -0.25) is 14.2 Å². The standard InChI is InChI=1S/C20H20ClN3O5S/c1-10(25)23-6-5-11-16(9-23)30-19-17(11)18(26)24(20(27)22(19)2)13-7-12(21)14(28-3)8-15(13)29-4/h7-8H,5-6,9H2,1-4H3. The molecule has 0 bridgehead atoms. The molecule has 1 aliphatic heterocycles. The number of hydrogen-bond acceptors (Lipinski definition) is 6. The molecule has 4 rings (SSSR count). The summed E-state index contributed by atoms with van der Waals surface area (Å²) >= 11 is 7.65. The molecule has 1 aliphatic rings. The largest absolute Gasteiger partial charge is 0.495 e. The maximum atomic E-state index is 13.5. The van der Waals surface area contributed by atoms with E-state index >= 15 is 0 Å². The molecular formula is C20H20ClN3O5S. The number of hydrogen-bond donors (Lipinski definition) is 0. The topological polar surface area (TPSA) is 82.8 Å². The number of carbonyl (C=O) groups excluding carboxylic acids is 1. The zero-order chi connectivity index (χ0) is 21.7. The van der Waals surface area contributed by atoms with Crippen LogP contribution in [-0.2, 0) is 24.8 Å². The van der Waals surface area contributed by atoms with Gasteiger partial charge in [-0.15, -0.1) is 11.3 Å². The van der Waals surface area contributed by atoms with Gasteiger partial charge in [0.15, 0.2) is 0 Å². The molecule has 0 atom stereocenters. The first-order valence-corrected chi connectivity index (χ1v) is 10.4. The number of rotatable bonds is 3. The predicted molar refractivity (Wildman–Crippen MR) is 116 cm³/mol. The molecule has 3 heterocycles. The molecule has 0 aliphatic carbocycles. The van der Waals surface area contributed by atoms with Crippen LogP contribution >= 0.6 is 22.9 Å². The highest BCUT2D eigenvalue weighted by Gasteiger charge is 2.27. The highest BCUT2D eigenvalue weighted by atomic mass is 35.5. The van der Waals surface area contributed by atoms with Gasteiger partial charge in [-0.25, -0.2) is 9.36 Å². The second-order valence-corrected chi connectivity index (χ2v) is 8.51. The molecule has 0 saturated carbocycles. The van der Waals surface area contributed by atoms with Crippen LogP contribution in [0.25, 0.3) is 15.9 Å². The summed E-state index contributed by atoms with van der Waals surface area (Å²) in [4.78, 5) is 41.7. The zero-order valence-electron chi connectivity index (χ0n) is 16.9. The van der Waals surface area contributed by atoms with E-state index in [0.717, 1.165) is 15.0 Å². The van der Waals surface area contributed by atoms with E-state index in [1.54, 1.807) is 18.0 Å². The Kier molecular flexibility index (Phi) is 5.11. The smallest absolute Gasteiger partial charge is 0.336 e. The maximum Gasteiger partial charge on any atom is 0.336 e. The Morgan fingerprint density at radius 1 is 1.17 bits per heavy atom. The number of aryl methyl sites for hydroxylation is 1. The Morgan fingerprint density at radius 2 is 1.87 bits per heavy atom. The van der Waals surface area contributed by atoms with Gasteiger partial charge < -0.3 is 14.4 Å². The number of carbonyl (C=O) groups is 1. The second-order valence-electron chi connectivity index (χ2n) is 7.02. The summed E-state index contributed by atoms with van der Waals surface area (Å²) in [6.45, 7) is 2.50. The van der Waals surface area contributed by atoms with Crippen LogP contribution in [0.15, 0.2) is 21.7 Å². The molecular weight excluding hydrogens is 430 g/mol. The number of fused-ring (bicyclic) bond motifs is 3. The normalized spacial score (nSPS) is 13.4. The Balaban J connectivity index is 2.03. The molecule has 158 valence electrons. The van der Waals surface area contributed by atoms with Crippen LogP contribution in [0.3, 0.4) is 0 Å². The molecule has 1 amide bonds. The zero-order valence-corrected chi connectivity index (χ0v) is 18.5. The first-order chi connectivity index (χ1) is 14.3. The third-order valence-corrected chi connectivity index (χ3v) is 6.97. The minimum atomic E-state index is -0.506. The summed E-state index contributed by atoms with van der Waals surface area (Å²) < 4.78 is 13.2. The van der Waals surface area contributed by atoms with Crippen molar-refractivity contribution in [1.82, 2.24) is 14.0 Å². The summed E-state index contributed by atoms with van der Waals surface area (Å²) in [5.74, 6) is 0.657. The fourth-order valence-corrected chi connectivity index (χ4v) is 5.33.